The Balaban J connectivity index is 1.92. The van der Waals surface area contributed by atoms with Gasteiger partial charge in [-0.25, -0.2) is 17.8 Å². The number of sulfonamides is 1. The Hall–Kier alpha value is -2.65. The zero-order valence-electron chi connectivity index (χ0n) is 15.9. The zero-order chi connectivity index (χ0) is 21.2. The summed E-state index contributed by atoms with van der Waals surface area (Å²) in [6.45, 7) is 2.14. The van der Waals surface area contributed by atoms with Crippen LogP contribution in [0.4, 0.5) is 13.2 Å². The molecule has 3 aromatic rings. The van der Waals surface area contributed by atoms with Gasteiger partial charge in [0.15, 0.2) is 5.69 Å². The Morgan fingerprint density at radius 3 is 2.21 bits per heavy atom. The molecule has 5 nitrogen and oxygen atoms in total. The lowest BCUT2D eigenvalue weighted by Crippen LogP contribution is -2.24. The molecule has 154 valence electrons. The highest BCUT2D eigenvalue weighted by atomic mass is 32.2. The van der Waals surface area contributed by atoms with Crippen molar-refractivity contribution in [2.24, 2.45) is 0 Å². The van der Waals surface area contributed by atoms with Gasteiger partial charge in [0.25, 0.3) is 0 Å². The SMILES string of the molecule is Cc1ccc(-n2nc(C(F)(F)F)cc2-c2ccc(CCNS(C)(=O)=O)cc2)cc1. The van der Waals surface area contributed by atoms with E-state index in [1.165, 1.54) is 4.68 Å². The maximum atomic E-state index is 13.2. The number of benzene rings is 2. The van der Waals surface area contributed by atoms with Crippen LogP contribution in [0, 0.1) is 6.92 Å². The summed E-state index contributed by atoms with van der Waals surface area (Å²) in [5, 5.41) is 3.77. The Bertz CT molecular complexity index is 1090. The van der Waals surface area contributed by atoms with Crippen molar-refractivity contribution in [1.82, 2.24) is 14.5 Å². The van der Waals surface area contributed by atoms with Crippen LogP contribution in [0.15, 0.2) is 54.6 Å². The molecule has 0 atom stereocenters. The highest BCUT2D eigenvalue weighted by Gasteiger charge is 2.35. The van der Waals surface area contributed by atoms with Crippen LogP contribution in [0.25, 0.3) is 16.9 Å². The van der Waals surface area contributed by atoms with Crippen molar-refractivity contribution >= 4 is 10.0 Å². The van der Waals surface area contributed by atoms with Gasteiger partial charge in [-0.15, -0.1) is 0 Å². The van der Waals surface area contributed by atoms with Crippen molar-refractivity contribution in [3.8, 4) is 16.9 Å². The number of nitrogens with one attached hydrogen (secondary N) is 1. The normalized spacial score (nSPS) is 12.3. The van der Waals surface area contributed by atoms with Gasteiger partial charge in [-0.1, -0.05) is 42.0 Å². The van der Waals surface area contributed by atoms with E-state index in [2.05, 4.69) is 9.82 Å². The van der Waals surface area contributed by atoms with Crippen LogP contribution in [0.2, 0.25) is 0 Å². The van der Waals surface area contributed by atoms with E-state index in [1.807, 2.05) is 19.1 Å². The van der Waals surface area contributed by atoms with E-state index in [9.17, 15) is 21.6 Å². The second-order valence-corrected chi connectivity index (χ2v) is 8.61. The molecule has 0 unspecified atom stereocenters. The number of nitrogens with zero attached hydrogens (tertiary/aromatic N) is 2. The Kier molecular flexibility index (Phi) is 5.81. The molecule has 0 saturated carbocycles. The molecule has 9 heteroatoms. The first-order valence-corrected chi connectivity index (χ1v) is 10.7. The minimum absolute atomic E-state index is 0.248. The predicted octanol–water partition coefficient (Wildman–Crippen LogP) is 3.96. The molecule has 0 amide bonds. The Morgan fingerprint density at radius 1 is 1.03 bits per heavy atom. The van der Waals surface area contributed by atoms with Gasteiger partial charge in [-0.05, 0) is 37.1 Å². The van der Waals surface area contributed by atoms with Gasteiger partial charge in [0.1, 0.15) is 0 Å². The smallest absolute Gasteiger partial charge is 0.233 e. The molecule has 1 N–H and O–H groups in total. The van der Waals surface area contributed by atoms with Gasteiger partial charge in [-0.2, -0.15) is 18.3 Å². The van der Waals surface area contributed by atoms with Gasteiger partial charge in [0.05, 0.1) is 17.6 Å². The third-order valence-corrected chi connectivity index (χ3v) is 5.03. The Labute approximate surface area is 167 Å². The summed E-state index contributed by atoms with van der Waals surface area (Å²) < 4.78 is 65.7. The lowest BCUT2D eigenvalue weighted by atomic mass is 10.1. The molecule has 2 aromatic carbocycles. The molecule has 0 radical (unpaired) electrons. The van der Waals surface area contributed by atoms with E-state index in [0.29, 0.717) is 23.4 Å². The number of rotatable bonds is 6. The van der Waals surface area contributed by atoms with E-state index < -0.39 is 21.9 Å². The van der Waals surface area contributed by atoms with Crippen molar-refractivity contribution < 1.29 is 21.6 Å². The molecular weight excluding hydrogens is 403 g/mol. The van der Waals surface area contributed by atoms with Crippen LogP contribution >= 0.6 is 0 Å². The standard InChI is InChI=1S/C20H20F3N3O2S/c1-14-3-9-17(10-4-14)26-18(13-19(25-26)20(21,22)23)16-7-5-15(6-8-16)11-12-24-29(2,27)28/h3-10,13,24H,11-12H2,1-2H3. The highest BCUT2D eigenvalue weighted by Crippen LogP contribution is 2.33. The molecule has 0 bridgehead atoms. The van der Waals surface area contributed by atoms with Crippen LogP contribution in [0.3, 0.4) is 0 Å². The fourth-order valence-electron chi connectivity index (χ4n) is 2.83. The molecule has 0 aliphatic rings. The molecular formula is C20H20F3N3O2S. The van der Waals surface area contributed by atoms with Gasteiger partial charge >= 0.3 is 6.18 Å². The summed E-state index contributed by atoms with van der Waals surface area (Å²) in [5.41, 5.74) is 2.32. The number of hydrogen-bond acceptors (Lipinski definition) is 3. The molecule has 29 heavy (non-hydrogen) atoms. The first-order valence-electron chi connectivity index (χ1n) is 8.81. The van der Waals surface area contributed by atoms with E-state index in [0.717, 1.165) is 23.4 Å². The summed E-state index contributed by atoms with van der Waals surface area (Å²) in [6, 6.07) is 15.0. The van der Waals surface area contributed by atoms with Gasteiger partial charge in [-0.3, -0.25) is 0 Å². The summed E-state index contributed by atoms with van der Waals surface area (Å²) in [7, 11) is -3.26. The number of aryl methyl sites for hydroxylation is 1. The molecule has 3 rings (SSSR count). The lowest BCUT2D eigenvalue weighted by Gasteiger charge is -2.09. The van der Waals surface area contributed by atoms with Crippen LogP contribution in [-0.4, -0.2) is 31.0 Å². The fraction of sp³-hybridized carbons (Fsp3) is 0.250. The number of alkyl halides is 3. The predicted molar refractivity (Wildman–Crippen MR) is 105 cm³/mol. The summed E-state index contributed by atoms with van der Waals surface area (Å²) >= 11 is 0. The first kappa shape index (κ1) is 21.1. The molecule has 0 fully saturated rings. The fourth-order valence-corrected chi connectivity index (χ4v) is 3.30. The van der Waals surface area contributed by atoms with Crippen LogP contribution in [-0.2, 0) is 22.6 Å². The van der Waals surface area contributed by atoms with Gasteiger partial charge in [0.2, 0.25) is 10.0 Å². The molecule has 0 aliphatic carbocycles. The third-order valence-electron chi connectivity index (χ3n) is 4.31. The zero-order valence-corrected chi connectivity index (χ0v) is 16.7. The van der Waals surface area contributed by atoms with Crippen LogP contribution < -0.4 is 4.72 Å². The topological polar surface area (TPSA) is 64.0 Å². The monoisotopic (exact) mass is 423 g/mol. The second-order valence-electron chi connectivity index (χ2n) is 6.77. The van der Waals surface area contributed by atoms with E-state index in [-0.39, 0.29) is 6.54 Å². The van der Waals surface area contributed by atoms with Gasteiger partial charge in [0, 0.05) is 12.1 Å². The largest absolute Gasteiger partial charge is 0.435 e. The summed E-state index contributed by atoms with van der Waals surface area (Å²) in [5.74, 6) is 0. The third kappa shape index (κ3) is 5.45. The van der Waals surface area contributed by atoms with Crippen molar-refractivity contribution in [3.63, 3.8) is 0 Å². The van der Waals surface area contributed by atoms with Crippen LogP contribution in [0.5, 0.6) is 0 Å². The summed E-state index contributed by atoms with van der Waals surface area (Å²) in [4.78, 5) is 0. The average molecular weight is 423 g/mol. The van der Waals surface area contributed by atoms with E-state index >= 15 is 0 Å². The lowest BCUT2D eigenvalue weighted by molar-refractivity contribution is -0.141. The van der Waals surface area contributed by atoms with Crippen LogP contribution in [0.1, 0.15) is 16.8 Å². The van der Waals surface area contributed by atoms with Crippen molar-refractivity contribution in [1.29, 1.82) is 0 Å². The number of aromatic nitrogens is 2. The minimum atomic E-state index is -4.55. The Morgan fingerprint density at radius 2 is 1.66 bits per heavy atom. The molecule has 0 saturated heterocycles. The number of halogens is 3. The molecule has 1 aromatic heterocycles. The molecule has 0 spiro atoms. The van der Waals surface area contributed by atoms with E-state index in [1.54, 1.807) is 36.4 Å². The van der Waals surface area contributed by atoms with Crippen molar-refractivity contribution in [2.45, 2.75) is 19.5 Å². The quantitative estimate of drug-likeness (QED) is 0.653. The van der Waals surface area contributed by atoms with E-state index in [4.69, 9.17) is 0 Å². The second kappa shape index (κ2) is 8.00. The molecule has 1 heterocycles. The maximum absolute atomic E-state index is 13.2. The van der Waals surface area contributed by atoms with Crippen molar-refractivity contribution in [3.05, 3.63) is 71.4 Å². The van der Waals surface area contributed by atoms with Crippen molar-refractivity contribution in [2.75, 3.05) is 12.8 Å². The maximum Gasteiger partial charge on any atom is 0.435 e. The summed E-state index contributed by atoms with van der Waals surface area (Å²) in [6.07, 6.45) is -3.00. The average Bonchev–Trinajstić information content (AvgIpc) is 3.08. The highest BCUT2D eigenvalue weighted by molar-refractivity contribution is 7.88. The molecule has 0 aliphatic heterocycles. The number of hydrogen-bond donors (Lipinski definition) is 1. The minimum Gasteiger partial charge on any atom is -0.233 e. The van der Waals surface area contributed by atoms with Gasteiger partial charge < -0.3 is 0 Å². The first-order chi connectivity index (χ1) is 13.5.